The molecule has 2 aliphatic heterocycles. The van der Waals surface area contributed by atoms with Gasteiger partial charge in [-0.05, 0) is 18.1 Å². The predicted octanol–water partition coefficient (Wildman–Crippen LogP) is 0.342. The highest BCUT2D eigenvalue weighted by Gasteiger charge is 2.40. The summed E-state index contributed by atoms with van der Waals surface area (Å²) in [5.41, 5.74) is 1.98. The third-order valence-electron chi connectivity index (χ3n) is 5.08. The summed E-state index contributed by atoms with van der Waals surface area (Å²) in [7, 11) is 1.73. The smallest absolute Gasteiger partial charge is 0.251 e. The summed E-state index contributed by atoms with van der Waals surface area (Å²) in [6.45, 7) is 6.50. The lowest BCUT2D eigenvalue weighted by atomic mass is 9.94. The molecule has 2 atom stereocenters. The van der Waals surface area contributed by atoms with Crippen LogP contribution in [0, 0.1) is 6.92 Å². The first-order valence-corrected chi connectivity index (χ1v) is 9.08. The minimum atomic E-state index is -0.705. The lowest BCUT2D eigenvalue weighted by molar-refractivity contribution is -0.162. The normalized spacial score (nSPS) is 24.5. The van der Waals surface area contributed by atoms with Gasteiger partial charge in [-0.1, -0.05) is 24.3 Å². The molecule has 142 valence electrons. The Bertz CT molecular complexity index is 645. The number of hydrogen-bond donors (Lipinski definition) is 1. The van der Waals surface area contributed by atoms with Gasteiger partial charge in [-0.2, -0.15) is 0 Å². The number of aryl methyl sites for hydroxylation is 1. The van der Waals surface area contributed by atoms with Gasteiger partial charge in [-0.3, -0.25) is 14.5 Å². The van der Waals surface area contributed by atoms with Gasteiger partial charge in [0.05, 0.1) is 19.3 Å². The van der Waals surface area contributed by atoms with E-state index in [-0.39, 0.29) is 18.4 Å². The van der Waals surface area contributed by atoms with Gasteiger partial charge in [0.2, 0.25) is 5.91 Å². The van der Waals surface area contributed by atoms with Crippen LogP contribution in [0.15, 0.2) is 24.3 Å². The van der Waals surface area contributed by atoms with Crippen LogP contribution in [0.2, 0.25) is 0 Å². The highest BCUT2D eigenvalue weighted by Crippen LogP contribution is 2.31. The lowest BCUT2D eigenvalue weighted by Gasteiger charge is -2.39. The van der Waals surface area contributed by atoms with E-state index in [0.717, 1.165) is 44.0 Å². The Balaban J connectivity index is 1.66. The van der Waals surface area contributed by atoms with Crippen molar-refractivity contribution in [3.8, 4) is 0 Å². The molecule has 3 rings (SSSR count). The number of likely N-dealkylation sites (N-methyl/N-ethyl adjacent to an activating group) is 1. The molecule has 2 aliphatic rings. The number of carbonyl (C=O) groups is 2. The molecule has 0 aromatic heterocycles. The number of carbonyl (C=O) groups excluding carboxylic acids is 2. The molecule has 0 saturated carbocycles. The van der Waals surface area contributed by atoms with Crippen molar-refractivity contribution >= 4 is 11.8 Å². The number of nitrogens with zero attached hydrogens (tertiary/aromatic N) is 2. The zero-order chi connectivity index (χ0) is 18.5. The zero-order valence-electron chi connectivity index (χ0n) is 15.4. The van der Waals surface area contributed by atoms with Gasteiger partial charge in [0, 0.05) is 33.2 Å². The molecule has 2 amide bonds. The first-order chi connectivity index (χ1) is 12.6. The fourth-order valence-electron chi connectivity index (χ4n) is 3.48. The molecule has 1 aromatic carbocycles. The standard InChI is InChI=1S/C19H27N3O4/c1-14-5-3-4-6-15(14)17-18(26-13-16(23)21(17)2)19(24)20-7-8-22-9-11-25-12-10-22/h3-6,17-18H,7-13H2,1-2H3,(H,20,24)/t17-,18+/m1/s1. The van der Waals surface area contributed by atoms with Crippen LogP contribution in [0.4, 0.5) is 0 Å². The number of nitrogens with one attached hydrogen (secondary N) is 1. The molecule has 0 unspecified atom stereocenters. The Labute approximate surface area is 154 Å². The molecule has 1 N–H and O–H groups in total. The van der Waals surface area contributed by atoms with E-state index in [1.54, 1.807) is 11.9 Å². The van der Waals surface area contributed by atoms with E-state index in [0.29, 0.717) is 6.54 Å². The van der Waals surface area contributed by atoms with Crippen LogP contribution in [0.1, 0.15) is 17.2 Å². The molecule has 0 aliphatic carbocycles. The van der Waals surface area contributed by atoms with Gasteiger partial charge in [0.25, 0.3) is 5.91 Å². The molecule has 1 aromatic rings. The molecule has 0 spiro atoms. The maximum Gasteiger partial charge on any atom is 0.251 e. The van der Waals surface area contributed by atoms with Crippen molar-refractivity contribution in [2.45, 2.75) is 19.1 Å². The molecule has 7 heteroatoms. The van der Waals surface area contributed by atoms with Crippen molar-refractivity contribution in [3.05, 3.63) is 35.4 Å². The van der Waals surface area contributed by atoms with Crippen LogP contribution in [0.25, 0.3) is 0 Å². The minimum Gasteiger partial charge on any atom is -0.379 e. The summed E-state index contributed by atoms with van der Waals surface area (Å²) < 4.78 is 11.0. The second-order valence-corrected chi connectivity index (χ2v) is 6.78. The maximum absolute atomic E-state index is 12.8. The summed E-state index contributed by atoms with van der Waals surface area (Å²) in [4.78, 5) is 28.8. The molecule has 2 fully saturated rings. The minimum absolute atomic E-state index is 0.0690. The van der Waals surface area contributed by atoms with Crippen molar-refractivity contribution in [2.75, 3.05) is 53.0 Å². The molecule has 7 nitrogen and oxygen atoms in total. The lowest BCUT2D eigenvalue weighted by Crippen LogP contribution is -2.54. The van der Waals surface area contributed by atoms with E-state index >= 15 is 0 Å². The number of rotatable bonds is 5. The monoisotopic (exact) mass is 361 g/mol. The van der Waals surface area contributed by atoms with Crippen LogP contribution < -0.4 is 5.32 Å². The second-order valence-electron chi connectivity index (χ2n) is 6.78. The highest BCUT2D eigenvalue weighted by molar-refractivity contribution is 5.86. The average Bonchev–Trinajstić information content (AvgIpc) is 2.65. The van der Waals surface area contributed by atoms with Crippen LogP contribution >= 0.6 is 0 Å². The SMILES string of the molecule is Cc1ccccc1[C@@H]1[C@@H](C(=O)NCCN2CCOCC2)OCC(=O)N1C. The van der Waals surface area contributed by atoms with E-state index in [1.165, 1.54) is 0 Å². The van der Waals surface area contributed by atoms with Crippen molar-refractivity contribution in [3.63, 3.8) is 0 Å². The van der Waals surface area contributed by atoms with Gasteiger partial charge in [-0.15, -0.1) is 0 Å². The number of hydrogen-bond acceptors (Lipinski definition) is 5. The van der Waals surface area contributed by atoms with Crippen molar-refractivity contribution in [2.24, 2.45) is 0 Å². The largest absolute Gasteiger partial charge is 0.379 e. The molecular weight excluding hydrogens is 334 g/mol. The van der Waals surface area contributed by atoms with Crippen molar-refractivity contribution in [1.29, 1.82) is 0 Å². The fraction of sp³-hybridized carbons (Fsp3) is 0.579. The van der Waals surface area contributed by atoms with Gasteiger partial charge < -0.3 is 19.7 Å². The highest BCUT2D eigenvalue weighted by atomic mass is 16.5. The quantitative estimate of drug-likeness (QED) is 0.819. The maximum atomic E-state index is 12.8. The molecule has 26 heavy (non-hydrogen) atoms. The third kappa shape index (κ3) is 4.23. The zero-order valence-corrected chi connectivity index (χ0v) is 15.4. The van der Waals surface area contributed by atoms with Gasteiger partial charge >= 0.3 is 0 Å². The number of morpholine rings is 2. The summed E-state index contributed by atoms with van der Waals surface area (Å²) in [6.07, 6.45) is -0.705. The first kappa shape index (κ1) is 18.8. The average molecular weight is 361 g/mol. The van der Waals surface area contributed by atoms with Gasteiger partial charge in [0.1, 0.15) is 6.61 Å². The van der Waals surface area contributed by atoms with E-state index in [2.05, 4.69) is 10.2 Å². The van der Waals surface area contributed by atoms with E-state index in [4.69, 9.17) is 9.47 Å². The third-order valence-corrected chi connectivity index (χ3v) is 5.08. The Hall–Kier alpha value is -1.96. The van der Waals surface area contributed by atoms with Crippen LogP contribution in [-0.4, -0.2) is 80.8 Å². The van der Waals surface area contributed by atoms with Crippen LogP contribution in [-0.2, 0) is 19.1 Å². The Morgan fingerprint density at radius 1 is 1.27 bits per heavy atom. The summed E-state index contributed by atoms with van der Waals surface area (Å²) in [6, 6.07) is 7.38. The summed E-state index contributed by atoms with van der Waals surface area (Å²) in [5, 5.41) is 2.97. The summed E-state index contributed by atoms with van der Waals surface area (Å²) >= 11 is 0. The Morgan fingerprint density at radius 2 is 2.00 bits per heavy atom. The van der Waals surface area contributed by atoms with Gasteiger partial charge in [0.15, 0.2) is 6.10 Å². The number of amides is 2. The number of benzene rings is 1. The topological polar surface area (TPSA) is 71.1 Å². The molecular formula is C19H27N3O4. The molecule has 2 heterocycles. The Kier molecular flexibility index (Phi) is 6.24. The second kappa shape index (κ2) is 8.62. The Morgan fingerprint density at radius 3 is 2.73 bits per heavy atom. The van der Waals surface area contributed by atoms with E-state index in [1.807, 2.05) is 31.2 Å². The summed E-state index contributed by atoms with van der Waals surface area (Å²) in [5.74, 6) is -0.290. The molecule has 0 bridgehead atoms. The van der Waals surface area contributed by atoms with E-state index in [9.17, 15) is 9.59 Å². The number of ether oxygens (including phenoxy) is 2. The molecule has 2 saturated heterocycles. The first-order valence-electron chi connectivity index (χ1n) is 9.08. The van der Waals surface area contributed by atoms with Crippen molar-refractivity contribution < 1.29 is 19.1 Å². The fourth-order valence-corrected chi connectivity index (χ4v) is 3.48. The van der Waals surface area contributed by atoms with Crippen molar-refractivity contribution in [1.82, 2.24) is 15.1 Å². The van der Waals surface area contributed by atoms with Gasteiger partial charge in [-0.25, -0.2) is 0 Å². The predicted molar refractivity (Wildman–Crippen MR) is 96.7 cm³/mol. The van der Waals surface area contributed by atoms with E-state index < -0.39 is 12.1 Å². The molecule has 0 radical (unpaired) electrons. The van der Waals surface area contributed by atoms with Crippen LogP contribution in [0.5, 0.6) is 0 Å². The van der Waals surface area contributed by atoms with Crippen LogP contribution in [0.3, 0.4) is 0 Å².